The van der Waals surface area contributed by atoms with Crippen LogP contribution in [0.2, 0.25) is 5.02 Å². The van der Waals surface area contributed by atoms with E-state index in [1.54, 1.807) is 0 Å². The molecule has 3 aromatic rings. The van der Waals surface area contributed by atoms with Crippen LogP contribution in [0.25, 0.3) is 0 Å². The standard InChI is InChI=1S/C20H16ClF4N5O3/c1-11(12-5-3-2-4-6-12)26-10-16-17(29-33-28-16)18(30-32-19(31)20(23,24)25)27-13-7-8-15(22)14(21)9-13/h2-9,11,26H,10H2,1H3,(H,27,30)/t11-/m1/s1. The van der Waals surface area contributed by atoms with Crippen LogP contribution in [0.1, 0.15) is 29.9 Å². The number of halogens is 5. The number of alkyl halides is 3. The highest BCUT2D eigenvalue weighted by Gasteiger charge is 2.42. The molecule has 0 radical (unpaired) electrons. The van der Waals surface area contributed by atoms with Gasteiger partial charge < -0.3 is 15.5 Å². The molecule has 1 heterocycles. The van der Waals surface area contributed by atoms with E-state index in [1.165, 1.54) is 6.07 Å². The number of aromatic nitrogens is 2. The normalized spacial score (nSPS) is 13.0. The van der Waals surface area contributed by atoms with Gasteiger partial charge in [0.25, 0.3) is 0 Å². The van der Waals surface area contributed by atoms with E-state index in [9.17, 15) is 22.4 Å². The predicted octanol–water partition coefficient (Wildman–Crippen LogP) is 4.59. The third-order valence-corrected chi connectivity index (χ3v) is 4.58. The molecule has 13 heteroatoms. The van der Waals surface area contributed by atoms with Crippen LogP contribution in [0.4, 0.5) is 23.2 Å². The first-order valence-electron chi connectivity index (χ1n) is 9.33. The number of amidine groups is 1. The number of carbonyl (C=O) groups excluding carboxylic acids is 1. The van der Waals surface area contributed by atoms with Gasteiger partial charge in [-0.1, -0.05) is 52.2 Å². The second-order valence-electron chi connectivity index (χ2n) is 6.64. The van der Waals surface area contributed by atoms with Gasteiger partial charge in [0.2, 0.25) is 5.84 Å². The van der Waals surface area contributed by atoms with Gasteiger partial charge in [0.05, 0.1) is 5.02 Å². The highest BCUT2D eigenvalue weighted by atomic mass is 35.5. The van der Waals surface area contributed by atoms with E-state index in [0.29, 0.717) is 0 Å². The molecule has 3 rings (SSSR count). The zero-order valence-electron chi connectivity index (χ0n) is 16.9. The lowest BCUT2D eigenvalue weighted by molar-refractivity contribution is -0.199. The minimum absolute atomic E-state index is 0.0764. The van der Waals surface area contributed by atoms with Gasteiger partial charge in [-0.05, 0) is 35.8 Å². The van der Waals surface area contributed by atoms with Crippen LogP contribution in [-0.4, -0.2) is 28.3 Å². The molecule has 8 nitrogen and oxygen atoms in total. The van der Waals surface area contributed by atoms with Crippen molar-refractivity contribution in [1.29, 1.82) is 0 Å². The molecular formula is C20H16ClF4N5O3. The maximum Gasteiger partial charge on any atom is 0.493 e. The maximum atomic E-state index is 13.4. The summed E-state index contributed by atoms with van der Waals surface area (Å²) >= 11 is 5.74. The van der Waals surface area contributed by atoms with Crippen molar-refractivity contribution >= 4 is 29.1 Å². The Labute approximate surface area is 189 Å². The van der Waals surface area contributed by atoms with Crippen LogP contribution >= 0.6 is 11.6 Å². The van der Waals surface area contributed by atoms with Crippen molar-refractivity contribution in [2.24, 2.45) is 5.16 Å². The number of benzene rings is 2. The van der Waals surface area contributed by atoms with Crippen LogP contribution in [-0.2, 0) is 16.2 Å². The van der Waals surface area contributed by atoms with E-state index in [-0.39, 0.29) is 34.7 Å². The minimum atomic E-state index is -5.27. The number of hydrogen-bond donors (Lipinski definition) is 2. The van der Waals surface area contributed by atoms with E-state index in [4.69, 9.17) is 16.2 Å². The van der Waals surface area contributed by atoms with Crippen molar-refractivity contribution in [2.45, 2.75) is 25.7 Å². The molecule has 0 saturated heterocycles. The fraction of sp³-hybridized carbons (Fsp3) is 0.200. The SMILES string of the molecule is C[C@@H](NCc1nonc1C(=NOC(=O)C(F)(F)F)Nc1ccc(F)c(Cl)c1)c1ccccc1. The number of hydrogen-bond acceptors (Lipinski definition) is 7. The molecule has 0 bridgehead atoms. The Kier molecular flexibility index (Phi) is 7.61. The Morgan fingerprint density at radius 1 is 1.21 bits per heavy atom. The summed E-state index contributed by atoms with van der Waals surface area (Å²) in [5.74, 6) is -3.71. The highest BCUT2D eigenvalue weighted by Crippen LogP contribution is 2.21. The molecule has 2 N–H and O–H groups in total. The van der Waals surface area contributed by atoms with E-state index in [1.807, 2.05) is 37.3 Å². The molecule has 2 aromatic carbocycles. The second kappa shape index (κ2) is 10.4. The summed E-state index contributed by atoms with van der Waals surface area (Å²) in [5, 5.41) is 16.1. The molecule has 0 unspecified atom stereocenters. The van der Waals surface area contributed by atoms with E-state index < -0.39 is 23.8 Å². The number of nitrogens with zero attached hydrogens (tertiary/aromatic N) is 3. The zero-order chi connectivity index (χ0) is 24.0. The monoisotopic (exact) mass is 485 g/mol. The van der Waals surface area contributed by atoms with Crippen molar-refractivity contribution < 1.29 is 31.8 Å². The lowest BCUT2D eigenvalue weighted by Gasteiger charge is -2.14. The second-order valence-corrected chi connectivity index (χ2v) is 7.05. The van der Waals surface area contributed by atoms with Crippen LogP contribution in [0, 0.1) is 5.82 Å². The smallest absolute Gasteiger partial charge is 0.335 e. The number of oxime groups is 1. The quantitative estimate of drug-likeness (QED) is 0.166. The molecule has 0 saturated carbocycles. The van der Waals surface area contributed by atoms with Gasteiger partial charge >= 0.3 is 12.1 Å². The first-order chi connectivity index (χ1) is 15.6. The van der Waals surface area contributed by atoms with Crippen molar-refractivity contribution in [3.05, 3.63) is 76.3 Å². The predicted molar refractivity (Wildman–Crippen MR) is 110 cm³/mol. The minimum Gasteiger partial charge on any atom is -0.335 e. The van der Waals surface area contributed by atoms with Gasteiger partial charge in [0.15, 0.2) is 5.69 Å². The summed E-state index contributed by atoms with van der Waals surface area (Å²) < 4.78 is 55.8. The lowest BCUT2D eigenvalue weighted by Crippen LogP contribution is -2.26. The average Bonchev–Trinajstić information content (AvgIpc) is 3.25. The van der Waals surface area contributed by atoms with Crippen molar-refractivity contribution in [3.8, 4) is 0 Å². The van der Waals surface area contributed by atoms with Gasteiger partial charge in [-0.15, -0.1) is 0 Å². The molecule has 174 valence electrons. The molecule has 0 aliphatic rings. The van der Waals surface area contributed by atoms with Crippen molar-refractivity contribution in [2.75, 3.05) is 5.32 Å². The van der Waals surface area contributed by atoms with Crippen LogP contribution < -0.4 is 10.6 Å². The third-order valence-electron chi connectivity index (χ3n) is 4.29. The molecule has 0 spiro atoms. The average molecular weight is 486 g/mol. The van der Waals surface area contributed by atoms with Gasteiger partial charge in [-0.25, -0.2) is 13.8 Å². The number of nitrogens with one attached hydrogen (secondary N) is 2. The summed E-state index contributed by atoms with van der Waals surface area (Å²) in [7, 11) is 0. The Balaban J connectivity index is 1.85. The molecule has 1 aromatic heterocycles. The van der Waals surface area contributed by atoms with Gasteiger partial charge in [0, 0.05) is 18.3 Å². The number of anilines is 1. The van der Waals surface area contributed by atoms with Crippen LogP contribution in [0.5, 0.6) is 0 Å². The van der Waals surface area contributed by atoms with Gasteiger partial charge in [-0.2, -0.15) is 13.2 Å². The Morgan fingerprint density at radius 3 is 2.61 bits per heavy atom. The highest BCUT2D eigenvalue weighted by molar-refractivity contribution is 6.31. The van der Waals surface area contributed by atoms with Gasteiger partial charge in [-0.3, -0.25) is 0 Å². The molecule has 33 heavy (non-hydrogen) atoms. The fourth-order valence-corrected chi connectivity index (χ4v) is 2.77. The number of rotatable bonds is 7. The van der Waals surface area contributed by atoms with Gasteiger partial charge in [0.1, 0.15) is 11.5 Å². The maximum absolute atomic E-state index is 13.4. The van der Waals surface area contributed by atoms with E-state index in [0.717, 1.165) is 17.7 Å². The first kappa shape index (κ1) is 24.1. The van der Waals surface area contributed by atoms with Crippen molar-refractivity contribution in [3.63, 3.8) is 0 Å². The molecule has 0 fully saturated rings. The third kappa shape index (κ3) is 6.49. The molecule has 0 aliphatic heterocycles. The molecule has 0 aliphatic carbocycles. The number of carbonyl (C=O) groups is 1. The Hall–Kier alpha value is -3.51. The fourth-order valence-electron chi connectivity index (χ4n) is 2.59. The summed E-state index contributed by atoms with van der Waals surface area (Å²) in [5.41, 5.74) is 1.11. The van der Waals surface area contributed by atoms with Crippen LogP contribution in [0.3, 0.4) is 0 Å². The van der Waals surface area contributed by atoms with Crippen LogP contribution in [0.15, 0.2) is 58.3 Å². The molecular weight excluding hydrogens is 470 g/mol. The topological polar surface area (TPSA) is 102 Å². The van der Waals surface area contributed by atoms with E-state index >= 15 is 0 Å². The first-order valence-corrected chi connectivity index (χ1v) is 9.71. The summed E-state index contributed by atoms with van der Waals surface area (Å²) in [6.45, 7) is 1.97. The summed E-state index contributed by atoms with van der Waals surface area (Å²) in [6.07, 6.45) is -5.27. The Bertz CT molecular complexity index is 1140. The molecule has 1 atom stereocenters. The molecule has 0 amide bonds. The largest absolute Gasteiger partial charge is 0.493 e. The summed E-state index contributed by atoms with van der Waals surface area (Å²) in [4.78, 5) is 15.1. The van der Waals surface area contributed by atoms with Crippen molar-refractivity contribution in [1.82, 2.24) is 15.6 Å². The lowest BCUT2D eigenvalue weighted by atomic mass is 10.1. The Morgan fingerprint density at radius 2 is 1.94 bits per heavy atom. The summed E-state index contributed by atoms with van der Waals surface area (Å²) in [6, 6.07) is 12.7. The van der Waals surface area contributed by atoms with E-state index in [2.05, 4.69) is 30.9 Å². The zero-order valence-corrected chi connectivity index (χ0v) is 17.6.